The summed E-state index contributed by atoms with van der Waals surface area (Å²) in [7, 11) is 1.64. The number of methoxy groups -OCH3 is 1. The highest BCUT2D eigenvalue weighted by atomic mass is 32.2. The molecule has 0 spiro atoms. The van der Waals surface area contributed by atoms with Crippen LogP contribution in [0.2, 0.25) is 0 Å². The Morgan fingerprint density at radius 1 is 0.795 bits per heavy atom. The minimum atomic E-state index is -1.17. The standard InChI is InChI=1S/C31H58N4O8S/c1-8-9-10-14-25(36)32-16-12-11-13-24(29(40)41)35-27(38)19-33-28(39)23(15-17-44-7)34-26(37)18-30(2,3)21-43-22-31(4,5)20-42-6/h23-24H,8-22H2,1-7H3,(H,32,36)(H,33,39)(H,34,37)(H,35,38)(H,40,41). The molecule has 0 rings (SSSR count). The van der Waals surface area contributed by atoms with Crippen molar-refractivity contribution >= 4 is 41.4 Å². The van der Waals surface area contributed by atoms with Crippen molar-refractivity contribution in [2.45, 2.75) is 104 Å². The summed E-state index contributed by atoms with van der Waals surface area (Å²) in [5.41, 5.74) is -0.628. The van der Waals surface area contributed by atoms with Gasteiger partial charge in [-0.25, -0.2) is 4.79 Å². The normalized spacial score (nSPS) is 13.1. The van der Waals surface area contributed by atoms with E-state index in [9.17, 15) is 29.1 Å². The molecule has 0 aromatic carbocycles. The number of rotatable bonds is 26. The van der Waals surface area contributed by atoms with Gasteiger partial charge in [-0.1, -0.05) is 47.5 Å². The van der Waals surface area contributed by atoms with E-state index >= 15 is 0 Å². The number of carbonyl (C=O) groups excluding carboxylic acids is 4. The molecule has 4 amide bonds. The molecule has 0 aliphatic heterocycles. The molecule has 12 nitrogen and oxygen atoms in total. The van der Waals surface area contributed by atoms with Gasteiger partial charge < -0.3 is 35.8 Å². The van der Waals surface area contributed by atoms with Crippen LogP contribution in [0.5, 0.6) is 0 Å². The number of hydrogen-bond acceptors (Lipinski definition) is 8. The summed E-state index contributed by atoms with van der Waals surface area (Å²) < 4.78 is 11.1. The molecule has 0 aromatic heterocycles. The topological polar surface area (TPSA) is 172 Å². The minimum absolute atomic E-state index is 0.0140. The van der Waals surface area contributed by atoms with Gasteiger partial charge in [0, 0.05) is 31.9 Å². The maximum Gasteiger partial charge on any atom is 0.326 e. The van der Waals surface area contributed by atoms with Gasteiger partial charge in [0.25, 0.3) is 0 Å². The summed E-state index contributed by atoms with van der Waals surface area (Å²) in [6.45, 7) is 11.4. The summed E-state index contributed by atoms with van der Waals surface area (Å²) >= 11 is 1.53. The number of carboxylic acid groups (broad SMARTS) is 1. The lowest BCUT2D eigenvalue weighted by atomic mass is 9.89. The Morgan fingerprint density at radius 2 is 1.45 bits per heavy atom. The predicted molar refractivity (Wildman–Crippen MR) is 173 cm³/mol. The van der Waals surface area contributed by atoms with E-state index in [0.29, 0.717) is 57.8 Å². The number of ether oxygens (including phenoxy) is 2. The molecule has 0 aromatic rings. The summed E-state index contributed by atoms with van der Waals surface area (Å²) in [6, 6.07) is -1.95. The van der Waals surface area contributed by atoms with Crippen molar-refractivity contribution in [2.75, 3.05) is 52.0 Å². The molecular weight excluding hydrogens is 588 g/mol. The van der Waals surface area contributed by atoms with E-state index in [1.807, 2.05) is 34.0 Å². The molecule has 13 heteroatoms. The van der Waals surface area contributed by atoms with Gasteiger partial charge in [0.15, 0.2) is 0 Å². The SMILES string of the molecule is CCCCCC(=O)NCCCCC(NC(=O)CNC(=O)C(CCSC)NC(=O)CC(C)(C)COCC(C)(C)COC)C(=O)O. The van der Waals surface area contributed by atoms with Gasteiger partial charge in [-0.15, -0.1) is 0 Å². The highest BCUT2D eigenvalue weighted by Gasteiger charge is 2.28. The molecule has 0 saturated heterocycles. The van der Waals surface area contributed by atoms with E-state index in [1.165, 1.54) is 11.8 Å². The number of nitrogens with one attached hydrogen (secondary N) is 4. The van der Waals surface area contributed by atoms with Gasteiger partial charge in [0.05, 0.1) is 26.4 Å². The average Bonchev–Trinajstić information content (AvgIpc) is 2.92. The highest BCUT2D eigenvalue weighted by Crippen LogP contribution is 2.23. The first-order valence-corrected chi connectivity index (χ1v) is 17.0. The van der Waals surface area contributed by atoms with Gasteiger partial charge in [-0.3, -0.25) is 19.2 Å². The molecule has 5 N–H and O–H groups in total. The summed E-state index contributed by atoms with van der Waals surface area (Å²) in [5, 5.41) is 20.1. The molecule has 256 valence electrons. The highest BCUT2D eigenvalue weighted by molar-refractivity contribution is 7.98. The Kier molecular flexibility index (Phi) is 21.8. The Balaban J connectivity index is 4.74. The fourth-order valence-electron chi connectivity index (χ4n) is 4.39. The van der Waals surface area contributed by atoms with Crippen LogP contribution in [0, 0.1) is 10.8 Å². The zero-order valence-electron chi connectivity index (χ0n) is 28.0. The van der Waals surface area contributed by atoms with E-state index in [2.05, 4.69) is 28.2 Å². The van der Waals surface area contributed by atoms with E-state index in [-0.39, 0.29) is 30.1 Å². The first kappa shape index (κ1) is 41.6. The van der Waals surface area contributed by atoms with Crippen LogP contribution in [0.3, 0.4) is 0 Å². The van der Waals surface area contributed by atoms with Gasteiger partial charge >= 0.3 is 5.97 Å². The van der Waals surface area contributed by atoms with Gasteiger partial charge in [-0.2, -0.15) is 11.8 Å². The molecule has 2 unspecified atom stereocenters. The fraction of sp³-hybridized carbons (Fsp3) is 0.839. The van der Waals surface area contributed by atoms with Crippen LogP contribution < -0.4 is 21.3 Å². The molecule has 0 radical (unpaired) electrons. The van der Waals surface area contributed by atoms with E-state index in [0.717, 1.165) is 19.3 Å². The van der Waals surface area contributed by atoms with Crippen molar-refractivity contribution in [1.29, 1.82) is 0 Å². The molecule has 44 heavy (non-hydrogen) atoms. The summed E-state index contributed by atoms with van der Waals surface area (Å²) in [5.74, 6) is -2.03. The third-order valence-electron chi connectivity index (χ3n) is 6.73. The summed E-state index contributed by atoms with van der Waals surface area (Å²) in [4.78, 5) is 61.7. The molecule has 0 saturated carbocycles. The largest absolute Gasteiger partial charge is 0.480 e. The second kappa shape index (κ2) is 23.0. The second-order valence-electron chi connectivity index (χ2n) is 12.8. The van der Waals surface area contributed by atoms with Crippen LogP contribution >= 0.6 is 11.8 Å². The number of amides is 4. The summed E-state index contributed by atoms with van der Waals surface area (Å²) in [6.07, 6.45) is 7.05. The third kappa shape index (κ3) is 21.3. The predicted octanol–water partition coefficient (Wildman–Crippen LogP) is 2.88. The van der Waals surface area contributed by atoms with Gasteiger partial charge in [-0.05, 0) is 49.5 Å². The Hall–Kier alpha value is -2.38. The zero-order chi connectivity index (χ0) is 33.6. The van der Waals surface area contributed by atoms with Crippen molar-refractivity contribution in [2.24, 2.45) is 10.8 Å². The average molecular weight is 647 g/mol. The van der Waals surface area contributed by atoms with Crippen LogP contribution in [0.25, 0.3) is 0 Å². The molecule has 0 fully saturated rings. The Morgan fingerprint density at radius 3 is 2.07 bits per heavy atom. The lowest BCUT2D eigenvalue weighted by Gasteiger charge is -2.29. The first-order chi connectivity index (χ1) is 20.7. The molecule has 0 bridgehead atoms. The number of unbranched alkanes of at least 4 members (excludes halogenated alkanes) is 3. The number of thioether (sulfide) groups is 1. The maximum atomic E-state index is 12.9. The molecule has 0 aliphatic rings. The minimum Gasteiger partial charge on any atom is -0.480 e. The van der Waals surface area contributed by atoms with Gasteiger partial charge in [0.2, 0.25) is 23.6 Å². The van der Waals surface area contributed by atoms with Crippen molar-refractivity contribution in [3.8, 4) is 0 Å². The molecule has 2 atom stereocenters. The van der Waals surface area contributed by atoms with E-state index in [1.54, 1.807) is 7.11 Å². The quantitative estimate of drug-likeness (QED) is 0.0886. The lowest BCUT2D eigenvalue weighted by molar-refractivity contribution is -0.142. The number of carbonyl (C=O) groups is 5. The maximum absolute atomic E-state index is 12.9. The van der Waals surface area contributed by atoms with Crippen LogP contribution in [0.1, 0.15) is 92.4 Å². The van der Waals surface area contributed by atoms with Crippen LogP contribution in [-0.4, -0.2) is 98.8 Å². The Bertz CT molecular complexity index is 885. The lowest BCUT2D eigenvalue weighted by Crippen LogP contribution is -2.51. The molecule has 0 aliphatic carbocycles. The van der Waals surface area contributed by atoms with Crippen LogP contribution in [0.4, 0.5) is 0 Å². The first-order valence-electron chi connectivity index (χ1n) is 15.6. The van der Waals surface area contributed by atoms with Crippen LogP contribution in [0.15, 0.2) is 0 Å². The zero-order valence-corrected chi connectivity index (χ0v) is 28.8. The van der Waals surface area contributed by atoms with Crippen molar-refractivity contribution in [3.05, 3.63) is 0 Å². The van der Waals surface area contributed by atoms with E-state index in [4.69, 9.17) is 9.47 Å². The number of carboxylic acids is 1. The number of hydrogen-bond donors (Lipinski definition) is 5. The third-order valence-corrected chi connectivity index (χ3v) is 7.37. The van der Waals surface area contributed by atoms with E-state index < -0.39 is 41.8 Å². The second-order valence-corrected chi connectivity index (χ2v) is 13.8. The van der Waals surface area contributed by atoms with Crippen molar-refractivity contribution in [1.82, 2.24) is 21.3 Å². The molecule has 0 heterocycles. The number of aliphatic carboxylic acids is 1. The monoisotopic (exact) mass is 646 g/mol. The van der Waals surface area contributed by atoms with Crippen LogP contribution in [-0.2, 0) is 33.4 Å². The smallest absolute Gasteiger partial charge is 0.326 e. The van der Waals surface area contributed by atoms with Crippen molar-refractivity contribution < 1.29 is 38.6 Å². The van der Waals surface area contributed by atoms with Crippen molar-refractivity contribution in [3.63, 3.8) is 0 Å². The van der Waals surface area contributed by atoms with Gasteiger partial charge in [0.1, 0.15) is 12.1 Å². The Labute approximate surface area is 268 Å². The fourth-order valence-corrected chi connectivity index (χ4v) is 4.86. The molecular formula is C31H58N4O8S.